The van der Waals surface area contributed by atoms with Crippen LogP contribution in [0.1, 0.15) is 25.3 Å². The summed E-state index contributed by atoms with van der Waals surface area (Å²) in [5, 5.41) is 13.6. The van der Waals surface area contributed by atoms with Crippen LogP contribution in [0.2, 0.25) is 10.0 Å². The summed E-state index contributed by atoms with van der Waals surface area (Å²) in [5.41, 5.74) is -1.12. The first-order chi connectivity index (χ1) is 16.0. The fourth-order valence-electron chi connectivity index (χ4n) is 3.69. The molecular formula is C23H25Cl2F3N2O4. The summed E-state index contributed by atoms with van der Waals surface area (Å²) in [6.07, 6.45) is -4.32. The molecule has 0 spiro atoms. The van der Waals surface area contributed by atoms with Crippen molar-refractivity contribution in [1.29, 1.82) is 0 Å². The van der Waals surface area contributed by atoms with Crippen LogP contribution in [0.25, 0.3) is 0 Å². The fraction of sp³-hybridized carbons (Fsp3) is 0.435. The number of ether oxygens (including phenoxy) is 2. The van der Waals surface area contributed by atoms with Crippen LogP contribution in [-0.2, 0) is 11.0 Å². The Labute approximate surface area is 205 Å². The molecule has 0 saturated carbocycles. The summed E-state index contributed by atoms with van der Waals surface area (Å²) < 4.78 is 51.5. The molecule has 2 N–H and O–H groups in total. The minimum Gasteiger partial charge on any atom is -0.490 e. The monoisotopic (exact) mass is 520 g/mol. The van der Waals surface area contributed by atoms with Gasteiger partial charge in [0.25, 0.3) is 0 Å². The van der Waals surface area contributed by atoms with Gasteiger partial charge in [0.05, 0.1) is 21.3 Å². The molecule has 0 aromatic heterocycles. The van der Waals surface area contributed by atoms with E-state index in [2.05, 4.69) is 5.32 Å². The molecule has 186 valence electrons. The van der Waals surface area contributed by atoms with Gasteiger partial charge in [0.15, 0.2) is 5.75 Å². The van der Waals surface area contributed by atoms with E-state index in [-0.39, 0.29) is 24.9 Å². The molecule has 1 saturated heterocycles. The minimum absolute atomic E-state index is 0.0271. The predicted octanol–water partition coefficient (Wildman–Crippen LogP) is 5.25. The molecule has 11 heteroatoms. The number of nitrogens with zero attached hydrogens (tertiary/aromatic N) is 1. The Kier molecular flexibility index (Phi) is 8.92. The first-order valence-corrected chi connectivity index (χ1v) is 11.4. The maximum atomic E-state index is 13.4. The van der Waals surface area contributed by atoms with Gasteiger partial charge in [-0.3, -0.25) is 4.79 Å². The van der Waals surface area contributed by atoms with Gasteiger partial charge in [0.1, 0.15) is 24.6 Å². The summed E-state index contributed by atoms with van der Waals surface area (Å²) in [6.45, 7) is 2.33. The third-order valence-corrected chi connectivity index (χ3v) is 5.99. The molecule has 2 aromatic carbocycles. The molecular weight excluding hydrogens is 496 g/mol. The van der Waals surface area contributed by atoms with Crippen LogP contribution in [-0.4, -0.2) is 54.4 Å². The number of β-amino-alcohol motifs (C(OH)–C–C–N with tert-alkyl or cyclic N) is 1. The molecule has 1 fully saturated rings. The lowest BCUT2D eigenvalue weighted by molar-refractivity contribution is -0.139. The van der Waals surface area contributed by atoms with Gasteiger partial charge in [-0.1, -0.05) is 29.3 Å². The molecule has 1 atom stereocenters. The lowest BCUT2D eigenvalue weighted by Crippen LogP contribution is -2.43. The lowest BCUT2D eigenvalue weighted by Gasteiger charge is -2.33. The van der Waals surface area contributed by atoms with Gasteiger partial charge in [-0.05, 0) is 37.1 Å². The van der Waals surface area contributed by atoms with Crippen molar-refractivity contribution in [3.63, 3.8) is 0 Å². The quantitative estimate of drug-likeness (QED) is 0.497. The second-order valence-electron chi connectivity index (χ2n) is 8.02. The molecule has 34 heavy (non-hydrogen) atoms. The number of anilines is 1. The Morgan fingerprint density at radius 2 is 1.91 bits per heavy atom. The Hall–Kier alpha value is -2.20. The van der Waals surface area contributed by atoms with Gasteiger partial charge >= 0.3 is 6.18 Å². The number of alkyl halides is 3. The molecule has 0 aliphatic carbocycles. The van der Waals surface area contributed by atoms with Crippen LogP contribution in [0.4, 0.5) is 18.9 Å². The predicted molar refractivity (Wildman–Crippen MR) is 124 cm³/mol. The first kappa shape index (κ1) is 26.4. The lowest BCUT2D eigenvalue weighted by atomic mass is 10.1. The molecule has 2 aromatic rings. The van der Waals surface area contributed by atoms with E-state index in [0.29, 0.717) is 41.7 Å². The van der Waals surface area contributed by atoms with E-state index in [1.54, 1.807) is 18.2 Å². The Morgan fingerprint density at radius 3 is 2.53 bits per heavy atom. The highest BCUT2D eigenvalue weighted by Crippen LogP contribution is 2.40. The van der Waals surface area contributed by atoms with E-state index in [1.807, 2.05) is 4.90 Å². The van der Waals surface area contributed by atoms with Crippen LogP contribution in [0.3, 0.4) is 0 Å². The number of benzene rings is 2. The molecule has 3 rings (SSSR count). The molecule has 1 amide bonds. The van der Waals surface area contributed by atoms with E-state index in [1.165, 1.54) is 19.1 Å². The summed E-state index contributed by atoms with van der Waals surface area (Å²) in [7, 11) is 0. The number of nitrogens with one attached hydrogen (secondary N) is 1. The number of para-hydroxylation sites is 1. The largest absolute Gasteiger partial charge is 0.490 e. The number of rotatable bonds is 8. The van der Waals surface area contributed by atoms with E-state index in [9.17, 15) is 23.1 Å². The highest BCUT2D eigenvalue weighted by atomic mass is 35.5. The van der Waals surface area contributed by atoms with Crippen molar-refractivity contribution in [1.82, 2.24) is 4.90 Å². The zero-order valence-corrected chi connectivity index (χ0v) is 19.9. The van der Waals surface area contributed by atoms with Gasteiger partial charge in [-0.15, -0.1) is 0 Å². The molecule has 1 unspecified atom stereocenters. The average molecular weight is 521 g/mol. The number of carbonyl (C=O) groups excluding carboxylic acids is 1. The zero-order chi connectivity index (χ0) is 24.9. The number of hydrogen-bond acceptors (Lipinski definition) is 5. The zero-order valence-electron chi connectivity index (χ0n) is 18.4. The van der Waals surface area contributed by atoms with Crippen LogP contribution in [0.5, 0.6) is 11.5 Å². The van der Waals surface area contributed by atoms with Crippen LogP contribution < -0.4 is 14.8 Å². The normalized spacial score (nSPS) is 16.2. The summed E-state index contributed by atoms with van der Waals surface area (Å²) in [5.74, 6) is -0.423. The standard InChI is InChI=1S/C23H25Cl2F3N2O4/c1-14(31)29-21-4-2-3-18(23(26,27)28)22(21)33-13-15(32)12-30-9-7-16(8-10-30)34-17-5-6-19(24)20(25)11-17/h2-6,11,15-16,32H,7-10,12-13H2,1H3,(H,29,31). The van der Waals surface area contributed by atoms with Crippen molar-refractivity contribution >= 4 is 34.8 Å². The number of carbonyl (C=O) groups is 1. The number of hydrogen-bond donors (Lipinski definition) is 2. The summed E-state index contributed by atoms with van der Waals surface area (Å²) >= 11 is 11.9. The SMILES string of the molecule is CC(=O)Nc1cccc(C(F)(F)F)c1OCC(O)CN1CCC(Oc2ccc(Cl)c(Cl)c2)CC1. The van der Waals surface area contributed by atoms with Crippen LogP contribution >= 0.6 is 23.2 Å². The van der Waals surface area contributed by atoms with Crippen LogP contribution in [0, 0.1) is 0 Å². The second kappa shape index (κ2) is 11.5. The maximum Gasteiger partial charge on any atom is 0.420 e. The Morgan fingerprint density at radius 1 is 1.21 bits per heavy atom. The van der Waals surface area contributed by atoms with Gasteiger partial charge in [0.2, 0.25) is 5.91 Å². The summed E-state index contributed by atoms with van der Waals surface area (Å²) in [4.78, 5) is 13.4. The molecule has 0 bridgehead atoms. The second-order valence-corrected chi connectivity index (χ2v) is 8.83. The van der Waals surface area contributed by atoms with Crippen molar-refractivity contribution in [2.75, 3.05) is 31.6 Å². The van der Waals surface area contributed by atoms with Gasteiger partial charge in [0, 0.05) is 32.6 Å². The van der Waals surface area contributed by atoms with Gasteiger partial charge in [-0.2, -0.15) is 13.2 Å². The molecule has 1 aliphatic heterocycles. The number of aliphatic hydroxyl groups is 1. The third-order valence-electron chi connectivity index (χ3n) is 5.25. The van der Waals surface area contributed by atoms with E-state index in [4.69, 9.17) is 32.7 Å². The highest BCUT2D eigenvalue weighted by Gasteiger charge is 2.36. The number of amides is 1. The number of likely N-dealkylation sites (tertiary alicyclic amines) is 1. The van der Waals surface area contributed by atoms with Crippen molar-refractivity contribution in [3.05, 3.63) is 52.0 Å². The third kappa shape index (κ3) is 7.40. The molecule has 6 nitrogen and oxygen atoms in total. The first-order valence-electron chi connectivity index (χ1n) is 10.7. The van der Waals surface area contributed by atoms with Crippen molar-refractivity contribution < 1.29 is 32.5 Å². The maximum absolute atomic E-state index is 13.4. The van der Waals surface area contributed by atoms with E-state index >= 15 is 0 Å². The van der Waals surface area contributed by atoms with E-state index < -0.39 is 29.5 Å². The van der Waals surface area contributed by atoms with Crippen molar-refractivity contribution in [2.24, 2.45) is 0 Å². The van der Waals surface area contributed by atoms with Gasteiger partial charge in [-0.25, -0.2) is 0 Å². The fourth-order valence-corrected chi connectivity index (χ4v) is 3.97. The van der Waals surface area contributed by atoms with Crippen molar-refractivity contribution in [3.8, 4) is 11.5 Å². The Bertz CT molecular complexity index is 999. The highest BCUT2D eigenvalue weighted by molar-refractivity contribution is 6.42. The average Bonchev–Trinajstić information content (AvgIpc) is 2.75. The van der Waals surface area contributed by atoms with Crippen LogP contribution in [0.15, 0.2) is 36.4 Å². The molecule has 1 aliphatic rings. The number of halogens is 5. The van der Waals surface area contributed by atoms with Crippen molar-refractivity contribution in [2.45, 2.75) is 38.1 Å². The van der Waals surface area contributed by atoms with Gasteiger partial charge < -0.3 is 24.8 Å². The Balaban J connectivity index is 1.52. The smallest absolute Gasteiger partial charge is 0.420 e. The molecule has 0 radical (unpaired) electrons. The topological polar surface area (TPSA) is 71.0 Å². The summed E-state index contributed by atoms with van der Waals surface area (Å²) in [6, 6.07) is 8.43. The van der Waals surface area contributed by atoms with E-state index in [0.717, 1.165) is 6.07 Å². The number of piperidine rings is 1. The minimum atomic E-state index is -4.68. The molecule has 1 heterocycles. The number of aliphatic hydroxyl groups excluding tert-OH is 1.